The lowest BCUT2D eigenvalue weighted by Crippen LogP contribution is -2.30. The predicted octanol–water partition coefficient (Wildman–Crippen LogP) is 4.43. The molecule has 0 bridgehead atoms. The van der Waals surface area contributed by atoms with E-state index in [4.69, 9.17) is 4.11 Å². The largest absolute Gasteiger partial charge is 0.508 e. The predicted molar refractivity (Wildman–Crippen MR) is 125 cm³/mol. The zero-order valence-electron chi connectivity index (χ0n) is 21.6. The highest BCUT2D eigenvalue weighted by molar-refractivity contribution is 5.93. The maximum atomic E-state index is 14.1. The van der Waals surface area contributed by atoms with Crippen LogP contribution in [0.1, 0.15) is 62.4 Å². The summed E-state index contributed by atoms with van der Waals surface area (Å²) in [6, 6.07) is 11.4. The van der Waals surface area contributed by atoms with E-state index in [1.807, 2.05) is 0 Å². The lowest BCUT2D eigenvalue weighted by Gasteiger charge is -2.21. The molecule has 0 radical (unpaired) electrons. The van der Waals surface area contributed by atoms with E-state index in [0.29, 0.717) is 16.8 Å². The first-order valence-electron chi connectivity index (χ1n) is 11.8. The summed E-state index contributed by atoms with van der Waals surface area (Å²) in [5.41, 5.74) is 1.15. The molecule has 1 aromatic heterocycles. The molecule has 0 saturated carbocycles. The smallest absolute Gasteiger partial charge is 0.270 e. The van der Waals surface area contributed by atoms with Crippen molar-refractivity contribution in [3.63, 3.8) is 0 Å². The topological polar surface area (TPSA) is 82.5 Å². The highest BCUT2D eigenvalue weighted by Gasteiger charge is 2.22. The van der Waals surface area contributed by atoms with Gasteiger partial charge in [0.25, 0.3) is 5.91 Å². The Balaban J connectivity index is 2.02. The van der Waals surface area contributed by atoms with Gasteiger partial charge in [-0.1, -0.05) is 41.7 Å². The molecule has 0 aliphatic heterocycles. The number of phenols is 1. The van der Waals surface area contributed by atoms with Crippen LogP contribution in [0.25, 0.3) is 0 Å². The van der Waals surface area contributed by atoms with Gasteiger partial charge >= 0.3 is 0 Å². The van der Waals surface area contributed by atoms with Gasteiger partial charge in [-0.05, 0) is 63.5 Å². The van der Waals surface area contributed by atoms with Gasteiger partial charge in [0, 0.05) is 26.3 Å². The molecule has 1 atom stereocenters. The van der Waals surface area contributed by atoms with Crippen LogP contribution in [0.15, 0.2) is 54.6 Å². The zero-order valence-corrected chi connectivity index (χ0v) is 18.6. The Morgan fingerprint density at radius 1 is 1.21 bits per heavy atom. The Bertz CT molecular complexity index is 1330. The van der Waals surface area contributed by atoms with Crippen molar-refractivity contribution in [1.29, 1.82) is 0 Å². The third-order valence-corrected chi connectivity index (χ3v) is 4.95. The summed E-state index contributed by atoms with van der Waals surface area (Å²) in [7, 11) is 0. The normalized spacial score (nSPS) is 13.7. The molecule has 1 unspecified atom stereocenters. The van der Waals surface area contributed by atoms with E-state index >= 15 is 0 Å². The summed E-state index contributed by atoms with van der Waals surface area (Å²) in [4.78, 5) is 17.5. The molecule has 1 heterocycles. The Morgan fingerprint density at radius 2 is 1.94 bits per heavy atom. The second kappa shape index (κ2) is 9.85. The average molecular weight is 450 g/mol. The molecule has 0 saturated heterocycles. The van der Waals surface area contributed by atoms with Gasteiger partial charge in [0.1, 0.15) is 17.3 Å². The van der Waals surface area contributed by atoms with Crippen molar-refractivity contribution in [2.24, 2.45) is 5.41 Å². The molecule has 3 N–H and O–H groups in total. The number of nitrogens with one attached hydrogen (secondary N) is 1. The van der Waals surface area contributed by atoms with Crippen molar-refractivity contribution in [2.75, 3.05) is 6.61 Å². The number of aromatic nitrogens is 1. The molecular weight excluding hydrogens is 419 g/mol. The van der Waals surface area contributed by atoms with Crippen LogP contribution in [0, 0.1) is 36.8 Å². The number of pyridine rings is 1. The van der Waals surface area contributed by atoms with Crippen LogP contribution in [-0.2, 0) is 0 Å². The van der Waals surface area contributed by atoms with Crippen molar-refractivity contribution in [2.45, 2.75) is 33.7 Å². The van der Waals surface area contributed by atoms with Gasteiger partial charge in [-0.2, -0.15) is 0 Å². The van der Waals surface area contributed by atoms with Gasteiger partial charge < -0.3 is 15.5 Å². The summed E-state index contributed by atoms with van der Waals surface area (Å²) in [6.07, 6.45) is 0. The van der Waals surface area contributed by atoms with E-state index < -0.39 is 30.0 Å². The van der Waals surface area contributed by atoms with Crippen molar-refractivity contribution < 1.29 is 23.5 Å². The van der Waals surface area contributed by atoms with Crippen LogP contribution in [0.3, 0.4) is 0 Å². The Labute approximate surface area is 197 Å². The molecule has 6 heteroatoms. The first-order chi connectivity index (χ1) is 16.8. The number of benzene rings is 2. The van der Waals surface area contributed by atoms with Gasteiger partial charge in [-0.3, -0.25) is 4.79 Å². The van der Waals surface area contributed by atoms with Crippen LogP contribution in [0.4, 0.5) is 4.39 Å². The fourth-order valence-electron chi connectivity index (χ4n) is 3.12. The number of phenolic OH excluding ortho intramolecular Hbond substituents is 1. The van der Waals surface area contributed by atoms with Crippen LogP contribution < -0.4 is 5.32 Å². The first kappa shape index (κ1) is 20.0. The molecule has 170 valence electrons. The molecule has 2 aromatic carbocycles. The van der Waals surface area contributed by atoms with E-state index in [1.165, 1.54) is 36.4 Å². The molecule has 33 heavy (non-hydrogen) atoms. The number of hydrogen-bond donors (Lipinski definition) is 3. The van der Waals surface area contributed by atoms with Gasteiger partial charge in [0.05, 0.1) is 12.6 Å². The molecule has 0 aliphatic rings. The minimum atomic E-state index is -2.31. The summed E-state index contributed by atoms with van der Waals surface area (Å²) in [5.74, 6) is 4.46. The van der Waals surface area contributed by atoms with Crippen molar-refractivity contribution in [3.05, 3.63) is 94.1 Å². The van der Waals surface area contributed by atoms with Gasteiger partial charge in [-0.25, -0.2) is 9.37 Å². The summed E-state index contributed by atoms with van der Waals surface area (Å²) in [5, 5.41) is 22.6. The fraction of sp³-hybridized carbons (Fsp3) is 0.259. The second-order valence-corrected chi connectivity index (χ2v) is 8.41. The van der Waals surface area contributed by atoms with Crippen LogP contribution in [0.2, 0.25) is 0 Å². The Morgan fingerprint density at radius 3 is 2.61 bits per heavy atom. The fourth-order valence-corrected chi connectivity index (χ4v) is 3.12. The molecule has 0 aliphatic carbocycles. The third kappa shape index (κ3) is 6.18. The SMILES string of the molecule is [2H]C([2H])([2H])c1ccc(C(NC(=O)c2cc(C#CC(C)(C)CO)cc(C)n2)c2cc(F)ccc2O)cc1. The molecule has 5 nitrogen and oxygen atoms in total. The van der Waals surface area contributed by atoms with E-state index in [2.05, 4.69) is 22.1 Å². The Kier molecular flexibility index (Phi) is 5.95. The summed E-state index contributed by atoms with van der Waals surface area (Å²) in [6.45, 7) is 2.84. The van der Waals surface area contributed by atoms with Crippen LogP contribution in [-0.4, -0.2) is 27.7 Å². The van der Waals surface area contributed by atoms with Crippen molar-refractivity contribution in [1.82, 2.24) is 10.3 Å². The molecule has 1 amide bonds. The number of carbonyl (C=O) groups excluding carboxylic acids is 1. The van der Waals surface area contributed by atoms with Crippen molar-refractivity contribution >= 4 is 5.91 Å². The molecule has 3 aromatic rings. The maximum Gasteiger partial charge on any atom is 0.270 e. The monoisotopic (exact) mass is 449 g/mol. The third-order valence-electron chi connectivity index (χ3n) is 4.95. The second-order valence-electron chi connectivity index (χ2n) is 8.41. The first-order valence-corrected chi connectivity index (χ1v) is 10.3. The molecule has 0 spiro atoms. The Hall–Kier alpha value is -3.69. The number of halogens is 1. The maximum absolute atomic E-state index is 14.1. The zero-order chi connectivity index (χ0) is 26.7. The summed E-state index contributed by atoms with van der Waals surface area (Å²) >= 11 is 0. The van der Waals surface area contributed by atoms with Gasteiger partial charge in [0.2, 0.25) is 0 Å². The molecular formula is C27H27FN2O3. The lowest BCUT2D eigenvalue weighted by atomic mass is 9.95. The molecule has 0 fully saturated rings. The van der Waals surface area contributed by atoms with E-state index in [-0.39, 0.29) is 29.2 Å². The number of hydrogen-bond acceptors (Lipinski definition) is 4. The number of carbonyl (C=O) groups is 1. The number of aliphatic hydroxyl groups is 1. The van der Waals surface area contributed by atoms with Crippen LogP contribution in [0.5, 0.6) is 5.75 Å². The lowest BCUT2D eigenvalue weighted by molar-refractivity contribution is 0.0937. The number of aryl methyl sites for hydroxylation is 2. The van der Waals surface area contributed by atoms with E-state index in [9.17, 15) is 19.4 Å². The van der Waals surface area contributed by atoms with Gasteiger partial charge in [0.15, 0.2) is 0 Å². The highest BCUT2D eigenvalue weighted by atomic mass is 19.1. The minimum absolute atomic E-state index is 0.0566. The standard InChI is InChI=1S/C27H27FN2O3/c1-17-5-7-20(8-6-17)25(22-15-21(28)9-10-24(22)32)30-26(33)23-14-19(13-18(2)29-23)11-12-27(3,4)16-31/h5-10,13-15,25,31-32H,16H2,1-4H3,(H,30,33)/i1D3. The average Bonchev–Trinajstić information content (AvgIpc) is 2.82. The number of rotatable bonds is 5. The van der Waals surface area contributed by atoms with Crippen molar-refractivity contribution in [3.8, 4) is 17.6 Å². The molecule has 3 rings (SSSR count). The van der Waals surface area contributed by atoms with E-state index in [1.54, 1.807) is 26.8 Å². The van der Waals surface area contributed by atoms with E-state index in [0.717, 1.165) is 12.1 Å². The highest BCUT2D eigenvalue weighted by Crippen LogP contribution is 2.30. The number of aliphatic hydroxyl groups excluding tert-OH is 1. The number of nitrogens with zero attached hydrogens (tertiary/aromatic N) is 1. The quantitative estimate of drug-likeness (QED) is 0.503. The number of amides is 1. The van der Waals surface area contributed by atoms with Crippen LogP contribution >= 0.6 is 0 Å². The summed E-state index contributed by atoms with van der Waals surface area (Å²) < 4.78 is 36.8. The minimum Gasteiger partial charge on any atom is -0.508 e. The van der Waals surface area contributed by atoms with Gasteiger partial charge in [-0.15, -0.1) is 0 Å². The number of aromatic hydroxyl groups is 1.